The van der Waals surface area contributed by atoms with Crippen molar-refractivity contribution in [3.63, 3.8) is 0 Å². The van der Waals surface area contributed by atoms with Gasteiger partial charge in [0.25, 0.3) is 0 Å². The lowest BCUT2D eigenvalue weighted by molar-refractivity contribution is 0.143. The number of rotatable bonds is 3. The van der Waals surface area contributed by atoms with E-state index < -0.39 is 0 Å². The van der Waals surface area contributed by atoms with Gasteiger partial charge in [0.05, 0.1) is 0 Å². The van der Waals surface area contributed by atoms with Crippen LogP contribution in [0.25, 0.3) is 0 Å². The third-order valence-electron chi connectivity index (χ3n) is 3.44. The highest BCUT2D eigenvalue weighted by molar-refractivity contribution is 6.30. The average molecular weight is 255 g/mol. The molecule has 94 valence electrons. The quantitative estimate of drug-likeness (QED) is 0.871. The number of piperidine rings is 1. The fourth-order valence-corrected chi connectivity index (χ4v) is 2.63. The molecule has 1 atom stereocenters. The number of benzene rings is 1. The molecule has 1 fully saturated rings. The number of halogens is 1. The fourth-order valence-electron chi connectivity index (χ4n) is 2.43. The first-order chi connectivity index (χ1) is 8.20. The van der Waals surface area contributed by atoms with Crippen LogP contribution in [-0.4, -0.2) is 29.1 Å². The lowest BCUT2D eigenvalue weighted by Gasteiger charge is -2.35. The zero-order chi connectivity index (χ0) is 12.3. The first-order valence-corrected chi connectivity index (χ1v) is 6.50. The Bertz CT molecular complexity index is 384. The third-order valence-corrected chi connectivity index (χ3v) is 3.67. The second kappa shape index (κ2) is 5.71. The van der Waals surface area contributed by atoms with Crippen molar-refractivity contribution in [3.05, 3.63) is 28.8 Å². The molecule has 4 heteroatoms. The van der Waals surface area contributed by atoms with E-state index in [1.807, 2.05) is 6.07 Å². The number of aromatic hydroxyl groups is 1. The number of likely N-dealkylation sites (tertiary alicyclic amines) is 1. The van der Waals surface area contributed by atoms with Crippen LogP contribution < -0.4 is 5.73 Å². The van der Waals surface area contributed by atoms with Gasteiger partial charge in [-0.3, -0.25) is 4.90 Å². The molecule has 3 nitrogen and oxygen atoms in total. The highest BCUT2D eigenvalue weighted by atomic mass is 35.5. The van der Waals surface area contributed by atoms with Crippen LogP contribution in [0.2, 0.25) is 5.02 Å². The maximum atomic E-state index is 9.81. The maximum absolute atomic E-state index is 9.81. The minimum absolute atomic E-state index is 0.316. The number of hydrogen-bond acceptors (Lipinski definition) is 3. The molecule has 1 aliphatic rings. The van der Waals surface area contributed by atoms with Gasteiger partial charge in [0.15, 0.2) is 0 Å². The lowest BCUT2D eigenvalue weighted by atomic mass is 10.0. The molecule has 0 amide bonds. The molecule has 0 aliphatic carbocycles. The Morgan fingerprint density at radius 1 is 1.41 bits per heavy atom. The summed E-state index contributed by atoms with van der Waals surface area (Å²) in [6.45, 7) is 2.46. The average Bonchev–Trinajstić information content (AvgIpc) is 2.34. The summed E-state index contributed by atoms with van der Waals surface area (Å²) in [5.41, 5.74) is 6.67. The summed E-state index contributed by atoms with van der Waals surface area (Å²) in [6, 6.07) is 5.62. The first-order valence-electron chi connectivity index (χ1n) is 6.12. The van der Waals surface area contributed by atoms with Gasteiger partial charge >= 0.3 is 0 Å². The normalized spacial score (nSPS) is 21.6. The second-order valence-corrected chi connectivity index (χ2v) is 5.07. The molecule has 1 saturated heterocycles. The van der Waals surface area contributed by atoms with E-state index in [0.29, 0.717) is 23.4 Å². The molecular formula is C13H19ClN2O. The Morgan fingerprint density at radius 2 is 2.24 bits per heavy atom. The van der Waals surface area contributed by atoms with Crippen LogP contribution in [0.4, 0.5) is 0 Å². The summed E-state index contributed by atoms with van der Waals surface area (Å²) in [4.78, 5) is 2.34. The summed E-state index contributed by atoms with van der Waals surface area (Å²) in [7, 11) is 0. The minimum atomic E-state index is 0.316. The molecule has 1 aromatic rings. The van der Waals surface area contributed by atoms with Crippen LogP contribution in [0.1, 0.15) is 24.8 Å². The van der Waals surface area contributed by atoms with Crippen molar-refractivity contribution in [3.8, 4) is 5.75 Å². The molecule has 1 aromatic carbocycles. The van der Waals surface area contributed by atoms with E-state index in [9.17, 15) is 5.11 Å². The molecule has 0 saturated carbocycles. The Balaban J connectivity index is 2.10. The van der Waals surface area contributed by atoms with Crippen molar-refractivity contribution in [1.29, 1.82) is 0 Å². The van der Waals surface area contributed by atoms with Crippen molar-refractivity contribution < 1.29 is 5.11 Å². The van der Waals surface area contributed by atoms with Crippen LogP contribution in [0.15, 0.2) is 18.2 Å². The standard InChI is InChI=1S/C13H19ClN2O/c14-11-4-5-13(17)10(7-11)9-16-6-2-1-3-12(16)8-15/h4-5,7,12,17H,1-3,6,8-9,15H2. The lowest BCUT2D eigenvalue weighted by Crippen LogP contribution is -2.43. The molecule has 3 N–H and O–H groups in total. The van der Waals surface area contributed by atoms with Crippen LogP contribution >= 0.6 is 11.6 Å². The van der Waals surface area contributed by atoms with E-state index in [2.05, 4.69) is 4.90 Å². The summed E-state index contributed by atoms with van der Waals surface area (Å²) in [6.07, 6.45) is 3.61. The number of nitrogens with zero attached hydrogens (tertiary/aromatic N) is 1. The zero-order valence-electron chi connectivity index (χ0n) is 9.90. The minimum Gasteiger partial charge on any atom is -0.508 e. The first kappa shape index (κ1) is 12.7. The Labute approximate surface area is 107 Å². The van der Waals surface area contributed by atoms with Crippen molar-refractivity contribution in [2.75, 3.05) is 13.1 Å². The van der Waals surface area contributed by atoms with Gasteiger partial charge < -0.3 is 10.8 Å². The van der Waals surface area contributed by atoms with Crippen LogP contribution in [0.5, 0.6) is 5.75 Å². The third kappa shape index (κ3) is 3.12. The van der Waals surface area contributed by atoms with Crippen molar-refractivity contribution in [2.45, 2.75) is 31.8 Å². The van der Waals surface area contributed by atoms with Crippen LogP contribution in [0.3, 0.4) is 0 Å². The maximum Gasteiger partial charge on any atom is 0.120 e. The SMILES string of the molecule is NCC1CCCCN1Cc1cc(Cl)ccc1O. The van der Waals surface area contributed by atoms with Crippen molar-refractivity contribution in [1.82, 2.24) is 4.90 Å². The molecule has 0 aromatic heterocycles. The van der Waals surface area contributed by atoms with Crippen LogP contribution in [0, 0.1) is 0 Å². The molecule has 2 rings (SSSR count). The molecular weight excluding hydrogens is 236 g/mol. The Kier molecular flexibility index (Phi) is 4.26. The van der Waals surface area contributed by atoms with Crippen molar-refractivity contribution >= 4 is 11.6 Å². The van der Waals surface area contributed by atoms with Gasteiger partial charge in [-0.25, -0.2) is 0 Å². The number of phenolic OH excluding ortho intramolecular Hbond substituents is 1. The predicted octanol–water partition coefficient (Wildman–Crippen LogP) is 2.36. The molecule has 0 radical (unpaired) electrons. The second-order valence-electron chi connectivity index (χ2n) is 4.63. The van der Waals surface area contributed by atoms with Gasteiger partial charge in [-0.1, -0.05) is 18.0 Å². The van der Waals surface area contributed by atoms with Gasteiger partial charge in [0.2, 0.25) is 0 Å². The van der Waals surface area contributed by atoms with E-state index in [-0.39, 0.29) is 0 Å². The summed E-state index contributed by atoms with van der Waals surface area (Å²) >= 11 is 5.95. The van der Waals surface area contributed by atoms with E-state index >= 15 is 0 Å². The molecule has 1 aliphatic heterocycles. The Hall–Kier alpha value is -0.770. The fraction of sp³-hybridized carbons (Fsp3) is 0.538. The van der Waals surface area contributed by atoms with E-state index in [1.165, 1.54) is 12.8 Å². The summed E-state index contributed by atoms with van der Waals surface area (Å²) in [5.74, 6) is 0.316. The molecule has 17 heavy (non-hydrogen) atoms. The van der Waals surface area contributed by atoms with Gasteiger partial charge in [-0.05, 0) is 37.6 Å². The van der Waals surface area contributed by atoms with E-state index in [0.717, 1.165) is 25.1 Å². The van der Waals surface area contributed by atoms with E-state index in [1.54, 1.807) is 12.1 Å². The number of nitrogens with two attached hydrogens (primary N) is 1. The number of phenols is 1. The molecule has 1 unspecified atom stereocenters. The predicted molar refractivity (Wildman–Crippen MR) is 70.2 cm³/mol. The van der Waals surface area contributed by atoms with Crippen molar-refractivity contribution in [2.24, 2.45) is 5.73 Å². The highest BCUT2D eigenvalue weighted by Gasteiger charge is 2.21. The smallest absolute Gasteiger partial charge is 0.120 e. The van der Waals surface area contributed by atoms with E-state index in [4.69, 9.17) is 17.3 Å². The Morgan fingerprint density at radius 3 is 3.00 bits per heavy atom. The topological polar surface area (TPSA) is 49.5 Å². The van der Waals surface area contributed by atoms with Gasteiger partial charge in [0.1, 0.15) is 5.75 Å². The van der Waals surface area contributed by atoms with Gasteiger partial charge in [0, 0.05) is 29.7 Å². The summed E-state index contributed by atoms with van der Waals surface area (Å²) in [5, 5.41) is 10.5. The molecule has 0 bridgehead atoms. The highest BCUT2D eigenvalue weighted by Crippen LogP contribution is 2.26. The molecule has 1 heterocycles. The van der Waals surface area contributed by atoms with Gasteiger partial charge in [-0.2, -0.15) is 0 Å². The van der Waals surface area contributed by atoms with Crippen LogP contribution in [-0.2, 0) is 6.54 Å². The number of hydrogen-bond donors (Lipinski definition) is 2. The summed E-state index contributed by atoms with van der Waals surface area (Å²) < 4.78 is 0. The zero-order valence-corrected chi connectivity index (χ0v) is 10.7. The largest absolute Gasteiger partial charge is 0.508 e. The van der Waals surface area contributed by atoms with Gasteiger partial charge in [-0.15, -0.1) is 0 Å². The monoisotopic (exact) mass is 254 g/mol. The molecule has 0 spiro atoms.